The van der Waals surface area contributed by atoms with Gasteiger partial charge in [0.2, 0.25) is 15.9 Å². The number of anilines is 1. The summed E-state index contributed by atoms with van der Waals surface area (Å²) in [7, 11) is -1.56. The van der Waals surface area contributed by atoms with Crippen molar-refractivity contribution in [2.24, 2.45) is 0 Å². The zero-order valence-corrected chi connectivity index (χ0v) is 15.0. The molecule has 0 bridgehead atoms. The van der Waals surface area contributed by atoms with Crippen LogP contribution in [0.2, 0.25) is 0 Å². The van der Waals surface area contributed by atoms with E-state index in [0.717, 1.165) is 44.3 Å². The van der Waals surface area contributed by atoms with Gasteiger partial charge in [-0.1, -0.05) is 19.3 Å². The molecule has 0 radical (unpaired) electrons. The van der Waals surface area contributed by atoms with Crippen LogP contribution in [0, 0.1) is 0 Å². The van der Waals surface area contributed by atoms with Gasteiger partial charge in [0.1, 0.15) is 12.1 Å². The summed E-state index contributed by atoms with van der Waals surface area (Å²) in [5, 5.41) is 3.19. The summed E-state index contributed by atoms with van der Waals surface area (Å²) in [6.45, 7) is 1.16. The van der Waals surface area contributed by atoms with Crippen molar-refractivity contribution in [2.45, 2.75) is 56.2 Å². The summed E-state index contributed by atoms with van der Waals surface area (Å²) in [6.07, 6.45) is 7.93. The van der Waals surface area contributed by atoms with E-state index in [4.69, 9.17) is 4.74 Å². The maximum absolute atomic E-state index is 12.8. The molecule has 0 spiro atoms. The largest absolute Gasteiger partial charge is 0.481 e. The van der Waals surface area contributed by atoms with Crippen molar-refractivity contribution in [3.63, 3.8) is 0 Å². The van der Waals surface area contributed by atoms with Crippen LogP contribution >= 0.6 is 0 Å². The van der Waals surface area contributed by atoms with Gasteiger partial charge < -0.3 is 10.1 Å². The average molecular weight is 354 g/mol. The lowest BCUT2D eigenvalue weighted by Crippen LogP contribution is -2.46. The molecule has 1 saturated heterocycles. The maximum atomic E-state index is 12.8. The van der Waals surface area contributed by atoms with Gasteiger partial charge in [0.25, 0.3) is 0 Å². The number of piperidine rings is 1. The predicted molar refractivity (Wildman–Crippen MR) is 92.6 cm³/mol. The van der Waals surface area contributed by atoms with Gasteiger partial charge in [-0.2, -0.15) is 0 Å². The van der Waals surface area contributed by atoms with Crippen molar-refractivity contribution in [3.05, 3.63) is 12.4 Å². The van der Waals surface area contributed by atoms with Crippen molar-refractivity contribution >= 4 is 15.8 Å². The molecule has 8 heteroatoms. The van der Waals surface area contributed by atoms with Crippen LogP contribution in [0.5, 0.6) is 5.88 Å². The number of aromatic nitrogens is 2. The summed E-state index contributed by atoms with van der Waals surface area (Å²) in [5.74, 6) is 1.24. The van der Waals surface area contributed by atoms with E-state index in [-0.39, 0.29) is 11.3 Å². The molecule has 1 aliphatic heterocycles. The van der Waals surface area contributed by atoms with E-state index in [1.54, 1.807) is 17.5 Å². The van der Waals surface area contributed by atoms with Crippen molar-refractivity contribution in [2.75, 3.05) is 25.5 Å². The zero-order valence-electron chi connectivity index (χ0n) is 14.1. The Balaban J connectivity index is 1.55. The minimum Gasteiger partial charge on any atom is -0.481 e. The molecule has 2 fully saturated rings. The van der Waals surface area contributed by atoms with Gasteiger partial charge in [0.05, 0.1) is 12.4 Å². The van der Waals surface area contributed by atoms with Crippen molar-refractivity contribution in [1.82, 2.24) is 14.3 Å². The van der Waals surface area contributed by atoms with Crippen molar-refractivity contribution in [3.8, 4) is 5.88 Å². The molecule has 1 aromatic rings. The number of nitrogens with one attached hydrogen (secondary N) is 1. The standard InChI is InChI=1S/C16H26N4O3S/c1-23-16-11-15(17-12-18-16)19-13-7-9-20(10-8-13)24(21,22)14-5-3-2-4-6-14/h11-14H,2-10H2,1H3,(H,17,18,19). The van der Waals surface area contributed by atoms with Gasteiger partial charge in [-0.05, 0) is 25.7 Å². The Morgan fingerprint density at radius 3 is 2.50 bits per heavy atom. The van der Waals surface area contributed by atoms with Crippen LogP contribution in [0.15, 0.2) is 12.4 Å². The molecule has 0 atom stereocenters. The smallest absolute Gasteiger partial charge is 0.218 e. The fourth-order valence-electron chi connectivity index (χ4n) is 3.57. The Labute approximate surface area is 143 Å². The molecule has 0 aromatic carbocycles. The van der Waals surface area contributed by atoms with E-state index in [2.05, 4.69) is 15.3 Å². The van der Waals surface area contributed by atoms with Crippen LogP contribution in [0.4, 0.5) is 5.82 Å². The summed E-state index contributed by atoms with van der Waals surface area (Å²) in [4.78, 5) is 8.17. The first-order chi connectivity index (χ1) is 11.6. The molecule has 0 unspecified atom stereocenters. The number of sulfonamides is 1. The fraction of sp³-hybridized carbons (Fsp3) is 0.750. The highest BCUT2D eigenvalue weighted by atomic mass is 32.2. The van der Waals surface area contributed by atoms with E-state index < -0.39 is 10.0 Å². The second-order valence-corrected chi connectivity index (χ2v) is 8.78. The third-order valence-electron chi connectivity index (χ3n) is 4.99. The van der Waals surface area contributed by atoms with Gasteiger partial charge in [-0.3, -0.25) is 0 Å². The van der Waals surface area contributed by atoms with E-state index in [9.17, 15) is 8.42 Å². The zero-order chi connectivity index (χ0) is 17.0. The van der Waals surface area contributed by atoms with Crippen LogP contribution < -0.4 is 10.1 Å². The Bertz CT molecular complexity index is 638. The number of methoxy groups -OCH3 is 1. The summed E-state index contributed by atoms with van der Waals surface area (Å²) in [5.41, 5.74) is 0. The lowest BCUT2D eigenvalue weighted by molar-refractivity contribution is 0.320. The monoisotopic (exact) mass is 354 g/mol. The topological polar surface area (TPSA) is 84.4 Å². The fourth-order valence-corrected chi connectivity index (χ4v) is 5.64. The average Bonchev–Trinajstić information content (AvgIpc) is 2.63. The van der Waals surface area contributed by atoms with Gasteiger partial charge in [-0.15, -0.1) is 0 Å². The van der Waals surface area contributed by atoms with Crippen LogP contribution in [0.25, 0.3) is 0 Å². The molecular weight excluding hydrogens is 328 g/mol. The number of hydrogen-bond acceptors (Lipinski definition) is 6. The number of ether oxygens (including phenoxy) is 1. The highest BCUT2D eigenvalue weighted by Crippen LogP contribution is 2.28. The highest BCUT2D eigenvalue weighted by Gasteiger charge is 2.35. The minimum absolute atomic E-state index is 0.165. The molecule has 1 aromatic heterocycles. The molecule has 134 valence electrons. The van der Waals surface area contributed by atoms with Crippen molar-refractivity contribution < 1.29 is 13.2 Å². The lowest BCUT2D eigenvalue weighted by atomic mass is 10.0. The molecule has 24 heavy (non-hydrogen) atoms. The SMILES string of the molecule is COc1cc(NC2CCN(S(=O)(=O)C3CCCCC3)CC2)ncn1. The quantitative estimate of drug-likeness (QED) is 0.871. The lowest BCUT2D eigenvalue weighted by Gasteiger charge is -2.35. The molecule has 0 amide bonds. The summed E-state index contributed by atoms with van der Waals surface area (Å²) < 4.78 is 32.3. The molecule has 7 nitrogen and oxygen atoms in total. The van der Waals surface area contributed by atoms with E-state index >= 15 is 0 Å². The molecular formula is C16H26N4O3S. The molecule has 1 aliphatic carbocycles. The normalized spacial score (nSPS) is 21.5. The van der Waals surface area contributed by atoms with E-state index in [0.29, 0.717) is 19.0 Å². The Hall–Kier alpha value is -1.41. The first kappa shape index (κ1) is 17.4. The number of rotatable bonds is 5. The van der Waals surface area contributed by atoms with Crippen LogP contribution in [-0.4, -0.2) is 54.2 Å². The summed E-state index contributed by atoms with van der Waals surface area (Å²) >= 11 is 0. The highest BCUT2D eigenvalue weighted by molar-refractivity contribution is 7.89. The molecule has 2 aliphatic rings. The second kappa shape index (κ2) is 7.65. The Morgan fingerprint density at radius 1 is 1.12 bits per heavy atom. The van der Waals surface area contributed by atoms with Gasteiger partial charge in [0, 0.05) is 25.2 Å². The second-order valence-electron chi connectivity index (χ2n) is 6.57. The molecule has 2 heterocycles. The molecule has 1 saturated carbocycles. The first-order valence-corrected chi connectivity index (χ1v) is 10.2. The maximum Gasteiger partial charge on any atom is 0.218 e. The molecule has 3 rings (SSSR count). The number of nitrogens with zero attached hydrogens (tertiary/aromatic N) is 3. The number of hydrogen-bond donors (Lipinski definition) is 1. The summed E-state index contributed by atoms with van der Waals surface area (Å²) in [6, 6.07) is 1.98. The van der Waals surface area contributed by atoms with Gasteiger partial charge in [-0.25, -0.2) is 22.7 Å². The van der Waals surface area contributed by atoms with Gasteiger partial charge in [0.15, 0.2) is 0 Å². The minimum atomic E-state index is -3.13. The van der Waals surface area contributed by atoms with Crippen LogP contribution in [0.1, 0.15) is 44.9 Å². The Kier molecular flexibility index (Phi) is 5.55. The Morgan fingerprint density at radius 2 is 1.83 bits per heavy atom. The molecule has 1 N–H and O–H groups in total. The van der Waals surface area contributed by atoms with Gasteiger partial charge >= 0.3 is 0 Å². The third kappa shape index (κ3) is 3.97. The predicted octanol–water partition coefficient (Wildman–Crippen LogP) is 2.02. The van der Waals surface area contributed by atoms with Crippen LogP contribution in [0.3, 0.4) is 0 Å². The van der Waals surface area contributed by atoms with E-state index in [1.807, 2.05) is 0 Å². The van der Waals surface area contributed by atoms with Crippen LogP contribution in [-0.2, 0) is 10.0 Å². The third-order valence-corrected chi connectivity index (χ3v) is 7.39. The van der Waals surface area contributed by atoms with E-state index in [1.165, 1.54) is 12.7 Å². The first-order valence-electron chi connectivity index (χ1n) is 8.71. The van der Waals surface area contributed by atoms with Crippen molar-refractivity contribution in [1.29, 1.82) is 0 Å².